The first-order valence-electron chi connectivity index (χ1n) is 17.9. The topological polar surface area (TPSA) is 180 Å². The lowest BCUT2D eigenvalue weighted by Gasteiger charge is -2.42. The molecule has 0 bridgehead atoms. The van der Waals surface area contributed by atoms with Gasteiger partial charge in [-0.1, -0.05) is 66.9 Å². The van der Waals surface area contributed by atoms with Gasteiger partial charge in [-0.3, -0.25) is 33.8 Å². The summed E-state index contributed by atoms with van der Waals surface area (Å²) < 4.78 is 0. The summed E-state index contributed by atoms with van der Waals surface area (Å²) in [5, 5.41) is 11.1. The predicted octanol–water partition coefficient (Wildman–Crippen LogP) is 2.72. The first kappa shape index (κ1) is 40.8. The largest absolute Gasteiger partial charge is 0.346 e. The molecule has 1 aliphatic carbocycles. The van der Waals surface area contributed by atoms with E-state index in [0.29, 0.717) is 19.3 Å². The molecule has 2 heterocycles. The van der Waals surface area contributed by atoms with Crippen molar-refractivity contribution in [2.45, 2.75) is 117 Å². The zero-order valence-corrected chi connectivity index (χ0v) is 30.9. The molecule has 0 aromatic carbocycles. The van der Waals surface area contributed by atoms with E-state index in [1.165, 1.54) is 29.6 Å². The monoisotopic (exact) mass is 705 g/mol. The third-order valence-electron chi connectivity index (χ3n) is 10.1. The quantitative estimate of drug-likeness (QED) is 0.122. The zero-order valence-electron chi connectivity index (χ0n) is 30.9. The Morgan fingerprint density at radius 3 is 2.33 bits per heavy atom. The van der Waals surface area contributed by atoms with Crippen LogP contribution in [0.3, 0.4) is 0 Å². The minimum atomic E-state index is -1.20. The minimum absolute atomic E-state index is 0.0103. The lowest BCUT2D eigenvalue weighted by Crippen LogP contribution is -2.63. The fourth-order valence-corrected chi connectivity index (χ4v) is 7.13. The van der Waals surface area contributed by atoms with Crippen LogP contribution in [0.2, 0.25) is 0 Å². The van der Waals surface area contributed by atoms with Gasteiger partial charge in [-0.05, 0) is 48.3 Å². The van der Waals surface area contributed by atoms with Gasteiger partial charge < -0.3 is 26.2 Å². The summed E-state index contributed by atoms with van der Waals surface area (Å²) in [4.78, 5) is 91.5. The van der Waals surface area contributed by atoms with Crippen molar-refractivity contribution >= 4 is 35.3 Å². The smallest absolute Gasteiger partial charge is 0.289 e. The third kappa shape index (κ3) is 10.5. The van der Waals surface area contributed by atoms with Gasteiger partial charge in [-0.2, -0.15) is 0 Å². The second-order valence-electron chi connectivity index (χ2n) is 15.4. The summed E-state index contributed by atoms with van der Waals surface area (Å²) in [6.07, 6.45) is 16.0. The number of ketones is 1. The lowest BCUT2D eigenvalue weighted by atomic mass is 9.70. The molecule has 13 nitrogen and oxygen atoms in total. The number of likely N-dealkylation sites (tertiary alicyclic amines) is 1. The number of carbonyl (C=O) groups is 6. The van der Waals surface area contributed by atoms with Gasteiger partial charge in [0.1, 0.15) is 23.8 Å². The van der Waals surface area contributed by atoms with E-state index < -0.39 is 70.3 Å². The highest BCUT2D eigenvalue weighted by molar-refractivity contribution is 6.38. The molecule has 0 radical (unpaired) electrons. The number of hydrogen-bond donors (Lipinski definition) is 4. The van der Waals surface area contributed by atoms with Crippen molar-refractivity contribution in [2.75, 3.05) is 13.1 Å². The Morgan fingerprint density at radius 1 is 1.08 bits per heavy atom. The van der Waals surface area contributed by atoms with Crippen LogP contribution in [0.15, 0.2) is 31.2 Å². The number of amides is 5. The number of hydrogen-bond acceptors (Lipinski definition) is 8. The number of nitrogens with zero attached hydrogens (tertiary/aromatic N) is 3. The Bertz CT molecular complexity index is 1480. The van der Waals surface area contributed by atoms with E-state index in [-0.39, 0.29) is 43.5 Å². The molecule has 1 aliphatic heterocycles. The van der Waals surface area contributed by atoms with E-state index in [1.807, 2.05) is 41.5 Å². The van der Waals surface area contributed by atoms with Crippen molar-refractivity contribution in [3.8, 4) is 12.3 Å². The molecule has 1 aromatic heterocycles. The van der Waals surface area contributed by atoms with Gasteiger partial charge in [0, 0.05) is 31.9 Å². The maximum atomic E-state index is 14.6. The average molecular weight is 706 g/mol. The van der Waals surface area contributed by atoms with Crippen molar-refractivity contribution in [3.63, 3.8) is 0 Å². The number of terminal acetylenes is 1. The van der Waals surface area contributed by atoms with E-state index in [4.69, 9.17) is 6.42 Å². The minimum Gasteiger partial charge on any atom is -0.346 e. The van der Waals surface area contributed by atoms with Crippen LogP contribution >= 0.6 is 0 Å². The molecule has 5 atom stereocenters. The van der Waals surface area contributed by atoms with Gasteiger partial charge >= 0.3 is 0 Å². The molecular weight excluding hydrogens is 650 g/mol. The predicted molar refractivity (Wildman–Crippen MR) is 193 cm³/mol. The molecule has 13 heteroatoms. The maximum Gasteiger partial charge on any atom is 0.289 e. The average Bonchev–Trinajstić information content (AvgIpc) is 3.55. The highest BCUT2D eigenvalue weighted by Crippen LogP contribution is 2.40. The first-order valence-corrected chi connectivity index (χ1v) is 17.9. The molecule has 4 N–H and O–H groups in total. The van der Waals surface area contributed by atoms with Crippen LogP contribution in [0.5, 0.6) is 0 Å². The van der Waals surface area contributed by atoms with E-state index in [0.717, 1.165) is 19.3 Å². The van der Waals surface area contributed by atoms with Crippen molar-refractivity contribution < 1.29 is 28.8 Å². The van der Waals surface area contributed by atoms with Gasteiger partial charge in [0.2, 0.25) is 23.5 Å². The Hall–Kier alpha value is -4.60. The third-order valence-corrected chi connectivity index (χ3v) is 10.1. The van der Waals surface area contributed by atoms with Crippen molar-refractivity contribution in [3.05, 3.63) is 36.9 Å². The molecule has 51 heavy (non-hydrogen) atoms. The molecule has 0 spiro atoms. The summed E-state index contributed by atoms with van der Waals surface area (Å²) in [5.74, 6) is -1.62. The van der Waals surface area contributed by atoms with Crippen LogP contribution < -0.4 is 21.3 Å². The molecule has 1 unspecified atom stereocenters. The Morgan fingerprint density at radius 2 is 1.76 bits per heavy atom. The van der Waals surface area contributed by atoms with Gasteiger partial charge in [0.05, 0.1) is 12.2 Å². The summed E-state index contributed by atoms with van der Waals surface area (Å²) in [7, 11) is 0. The lowest BCUT2D eigenvalue weighted by molar-refractivity contribution is -0.146. The van der Waals surface area contributed by atoms with Crippen molar-refractivity contribution in [2.24, 2.45) is 22.7 Å². The number of rotatable bonds is 15. The molecular formula is C38H55N7O6. The number of aromatic nitrogens is 2. The summed E-state index contributed by atoms with van der Waals surface area (Å²) in [5.41, 5.74) is -1.31. The molecule has 1 saturated carbocycles. The zero-order chi connectivity index (χ0) is 37.9. The molecule has 2 fully saturated rings. The second-order valence-corrected chi connectivity index (χ2v) is 15.4. The van der Waals surface area contributed by atoms with Gasteiger partial charge in [-0.25, -0.2) is 4.98 Å². The highest BCUT2D eigenvalue weighted by Gasteiger charge is 2.49. The molecule has 5 amide bonds. The van der Waals surface area contributed by atoms with Crippen LogP contribution in [0, 0.1) is 35.0 Å². The first-order chi connectivity index (χ1) is 24.0. The van der Waals surface area contributed by atoms with Gasteiger partial charge in [-0.15, -0.1) is 18.9 Å². The van der Waals surface area contributed by atoms with E-state index in [9.17, 15) is 28.8 Å². The van der Waals surface area contributed by atoms with Crippen LogP contribution in [-0.4, -0.2) is 87.4 Å². The fourth-order valence-electron chi connectivity index (χ4n) is 7.13. The van der Waals surface area contributed by atoms with E-state index in [1.54, 1.807) is 0 Å². The summed E-state index contributed by atoms with van der Waals surface area (Å²) in [6, 6.07) is -4.21. The van der Waals surface area contributed by atoms with E-state index in [2.05, 4.69) is 43.7 Å². The fraction of sp³-hybridized carbons (Fsp3) is 0.632. The highest BCUT2D eigenvalue weighted by atomic mass is 16.2. The number of nitrogens with one attached hydrogen (secondary N) is 4. The Kier molecular flexibility index (Phi) is 14.5. The summed E-state index contributed by atoms with van der Waals surface area (Å²) >= 11 is 0. The SMILES string of the molecule is C#CCCC(NC(=O)[C@@H]1[C@@H](C(C)C)CCN1C(=O)[C@@H](NC(=O)[C@@H](NC(=O)c1cnccn1)C1(C)CCCCC1)C(C)(C)C)C(=O)C(=O)NCC=C. The van der Waals surface area contributed by atoms with Crippen LogP contribution in [0.4, 0.5) is 0 Å². The second kappa shape index (κ2) is 18.1. The van der Waals surface area contributed by atoms with Gasteiger partial charge in [0.25, 0.3) is 11.8 Å². The van der Waals surface area contributed by atoms with Crippen molar-refractivity contribution in [1.29, 1.82) is 0 Å². The molecule has 2 aliphatic rings. The number of carbonyl (C=O) groups excluding carboxylic acids is 6. The van der Waals surface area contributed by atoms with Crippen LogP contribution in [0.1, 0.15) is 103 Å². The standard InChI is InChI=1S/C38H55N7O6/c1-9-11-15-26(29(46)34(49)41-19-10-2)42-33(48)28-25(24(3)4)16-22-45(28)36(51)31(37(5,6)7)44-35(50)30(38(8)17-13-12-14-18-38)43-32(47)27-23-39-20-21-40-27/h1,10,20-21,23-26,28,30-31H,2,11-19,22H2,3-8H3,(H,41,49)(H,42,48)(H,43,47)(H,44,50)/t25-,26?,28+,30-,31-/m1/s1. The Labute approximate surface area is 302 Å². The number of Topliss-reactive ketones (excluding diaryl/α,β-unsaturated/α-hetero) is 1. The molecule has 3 rings (SSSR count). The molecule has 278 valence electrons. The van der Waals surface area contributed by atoms with Crippen molar-refractivity contribution in [1.82, 2.24) is 36.1 Å². The maximum absolute atomic E-state index is 14.6. The van der Waals surface area contributed by atoms with Crippen LogP contribution in [0.25, 0.3) is 0 Å². The molecule has 1 saturated heterocycles. The van der Waals surface area contributed by atoms with Crippen LogP contribution in [-0.2, 0) is 24.0 Å². The molecule has 1 aromatic rings. The summed E-state index contributed by atoms with van der Waals surface area (Å²) in [6.45, 7) is 15.2. The normalized spacial score (nSPS) is 20.2. The van der Waals surface area contributed by atoms with Gasteiger partial charge in [0.15, 0.2) is 0 Å². The Balaban J connectivity index is 1.93. The van der Waals surface area contributed by atoms with E-state index >= 15 is 0 Å².